The molecular weight excluding hydrogens is 406 g/mol. The van der Waals surface area contributed by atoms with Crippen molar-refractivity contribution >= 4 is 40.8 Å². The van der Waals surface area contributed by atoms with E-state index in [9.17, 15) is 4.79 Å². The van der Waals surface area contributed by atoms with Crippen molar-refractivity contribution in [1.82, 2.24) is 15.5 Å². The lowest BCUT2D eigenvalue weighted by Gasteiger charge is -2.30. The van der Waals surface area contributed by atoms with Gasteiger partial charge in [0.25, 0.3) is 0 Å². The maximum Gasteiger partial charge on any atom is 0.317 e. The van der Waals surface area contributed by atoms with Crippen LogP contribution in [0, 0.1) is 0 Å². The number of hydrogen-bond acceptors (Lipinski definition) is 5. The average molecular weight is 432 g/mol. The number of likely N-dealkylation sites (tertiary alicyclic amines) is 1. The third-order valence-corrected chi connectivity index (χ3v) is 6.75. The van der Waals surface area contributed by atoms with Gasteiger partial charge < -0.3 is 26.2 Å². The van der Waals surface area contributed by atoms with Gasteiger partial charge in [0.15, 0.2) is 5.50 Å². The van der Waals surface area contributed by atoms with Crippen molar-refractivity contribution < 1.29 is 4.79 Å². The largest absolute Gasteiger partial charge is 0.337 e. The lowest BCUT2D eigenvalue weighted by atomic mass is 10.1. The Hall–Kier alpha value is -1.93. The monoisotopic (exact) mass is 431 g/mol. The lowest BCUT2D eigenvalue weighted by molar-refractivity contribution is 0.237. The molecule has 1 atom stereocenters. The first-order chi connectivity index (χ1) is 14.2. The van der Waals surface area contributed by atoms with Crippen LogP contribution in [0.25, 0.3) is 0 Å². The highest BCUT2D eigenvalue weighted by atomic mass is 35.5. The number of carbonyl (C=O) groups excluding carboxylic acids is 1. The van der Waals surface area contributed by atoms with Crippen LogP contribution in [0.5, 0.6) is 0 Å². The molecule has 29 heavy (non-hydrogen) atoms. The second-order valence-corrected chi connectivity index (χ2v) is 8.74. The minimum Gasteiger partial charge on any atom is -0.337 e. The highest BCUT2D eigenvalue weighted by Crippen LogP contribution is 2.49. The second-order valence-electron chi connectivity index (χ2n) is 7.21. The van der Waals surface area contributed by atoms with E-state index in [4.69, 9.17) is 17.3 Å². The molecule has 6 nitrogen and oxygen atoms in total. The van der Waals surface area contributed by atoms with E-state index in [1.54, 1.807) is 11.8 Å². The standard InChI is InChI=1S/C21H26ClN5OS/c22-16-7-5-6-15(14-23)19(16)27-17-8-1-2-9-18(17)29-21(27)25-20(28)24-10-13-26-11-3-4-12-26/h1-2,5-9,21H,3-4,10-14,23H2,(H2,24,25,28). The van der Waals surface area contributed by atoms with E-state index in [1.165, 1.54) is 12.8 Å². The molecule has 1 unspecified atom stereocenters. The molecule has 1 saturated heterocycles. The first kappa shape index (κ1) is 20.3. The summed E-state index contributed by atoms with van der Waals surface area (Å²) in [5.74, 6) is 0. The van der Waals surface area contributed by atoms with Gasteiger partial charge in [0.2, 0.25) is 0 Å². The van der Waals surface area contributed by atoms with Crippen LogP contribution in [0.15, 0.2) is 47.4 Å². The van der Waals surface area contributed by atoms with E-state index >= 15 is 0 Å². The number of fused-ring (bicyclic) bond motifs is 1. The Morgan fingerprint density at radius 1 is 1.17 bits per heavy atom. The normalized spacial score (nSPS) is 18.7. The highest BCUT2D eigenvalue weighted by Gasteiger charge is 2.34. The van der Waals surface area contributed by atoms with Crippen molar-refractivity contribution in [2.45, 2.75) is 29.8 Å². The zero-order chi connectivity index (χ0) is 20.2. The fraction of sp³-hybridized carbons (Fsp3) is 0.381. The number of hydrogen-bond donors (Lipinski definition) is 3. The molecular formula is C21H26ClN5OS. The first-order valence-electron chi connectivity index (χ1n) is 9.96. The quantitative estimate of drug-likeness (QED) is 0.650. The Morgan fingerprint density at radius 2 is 1.97 bits per heavy atom. The van der Waals surface area contributed by atoms with Crippen LogP contribution in [0.4, 0.5) is 16.2 Å². The summed E-state index contributed by atoms with van der Waals surface area (Å²) in [6, 6.07) is 13.6. The minimum absolute atomic E-state index is 0.180. The van der Waals surface area contributed by atoms with Crippen LogP contribution in [-0.4, -0.2) is 42.6 Å². The van der Waals surface area contributed by atoms with E-state index in [2.05, 4.69) is 26.5 Å². The number of nitrogens with two attached hydrogens (primary N) is 1. The number of carbonyl (C=O) groups is 1. The number of anilines is 2. The molecule has 0 spiro atoms. The molecule has 2 amide bonds. The number of nitrogens with one attached hydrogen (secondary N) is 2. The van der Waals surface area contributed by atoms with Gasteiger partial charge in [0.1, 0.15) is 0 Å². The van der Waals surface area contributed by atoms with Crippen LogP contribution in [0.1, 0.15) is 18.4 Å². The van der Waals surface area contributed by atoms with Gasteiger partial charge >= 0.3 is 6.03 Å². The molecule has 2 aromatic rings. The maximum absolute atomic E-state index is 12.6. The second kappa shape index (κ2) is 9.26. The molecule has 0 bridgehead atoms. The molecule has 4 N–H and O–H groups in total. The molecule has 0 aliphatic carbocycles. The fourth-order valence-corrected chi connectivity index (χ4v) is 5.34. The van der Waals surface area contributed by atoms with Gasteiger partial charge in [-0.25, -0.2) is 4.79 Å². The first-order valence-corrected chi connectivity index (χ1v) is 11.2. The number of para-hydroxylation sites is 2. The Kier molecular flexibility index (Phi) is 6.50. The Balaban J connectivity index is 1.51. The molecule has 0 aromatic heterocycles. The number of halogens is 1. The summed E-state index contributed by atoms with van der Waals surface area (Å²) in [4.78, 5) is 18.1. The average Bonchev–Trinajstić information content (AvgIpc) is 3.35. The Bertz CT molecular complexity index is 874. The van der Waals surface area contributed by atoms with E-state index in [0.29, 0.717) is 18.1 Å². The van der Waals surface area contributed by atoms with Gasteiger partial charge in [0, 0.05) is 24.5 Å². The van der Waals surface area contributed by atoms with E-state index in [-0.39, 0.29) is 11.5 Å². The Labute approximate surface area is 180 Å². The molecule has 8 heteroatoms. The lowest BCUT2D eigenvalue weighted by Crippen LogP contribution is -2.48. The van der Waals surface area contributed by atoms with Crippen LogP contribution in [-0.2, 0) is 6.54 Å². The van der Waals surface area contributed by atoms with Gasteiger partial charge in [0.05, 0.1) is 16.4 Å². The van der Waals surface area contributed by atoms with Gasteiger partial charge in [-0.2, -0.15) is 0 Å². The summed E-state index contributed by atoms with van der Waals surface area (Å²) in [5, 5.41) is 6.71. The smallest absolute Gasteiger partial charge is 0.317 e. The number of rotatable bonds is 6. The highest BCUT2D eigenvalue weighted by molar-refractivity contribution is 8.00. The number of benzene rings is 2. The van der Waals surface area contributed by atoms with Gasteiger partial charge in [-0.15, -0.1) is 0 Å². The molecule has 1 fully saturated rings. The summed E-state index contributed by atoms with van der Waals surface area (Å²) in [7, 11) is 0. The SMILES string of the molecule is NCc1cccc(Cl)c1N1c2ccccc2SC1NC(=O)NCCN1CCCC1. The molecule has 2 aliphatic rings. The van der Waals surface area contributed by atoms with Crippen molar-refractivity contribution in [2.24, 2.45) is 5.73 Å². The van der Waals surface area contributed by atoms with Crippen LogP contribution in [0.2, 0.25) is 5.02 Å². The topological polar surface area (TPSA) is 73.6 Å². The number of nitrogens with zero attached hydrogens (tertiary/aromatic N) is 2. The minimum atomic E-state index is -0.301. The fourth-order valence-electron chi connectivity index (χ4n) is 3.88. The zero-order valence-corrected chi connectivity index (χ0v) is 17.8. The van der Waals surface area contributed by atoms with E-state index in [1.807, 2.05) is 36.4 Å². The Morgan fingerprint density at radius 3 is 2.76 bits per heavy atom. The number of amides is 2. The molecule has 0 radical (unpaired) electrons. The third-order valence-electron chi connectivity index (χ3n) is 5.30. The molecule has 0 saturated carbocycles. The summed E-state index contributed by atoms with van der Waals surface area (Å²) in [6.07, 6.45) is 2.50. The van der Waals surface area contributed by atoms with Gasteiger partial charge in [-0.05, 0) is 49.7 Å². The summed E-state index contributed by atoms with van der Waals surface area (Å²) in [6.45, 7) is 4.14. The van der Waals surface area contributed by atoms with Gasteiger partial charge in [-0.3, -0.25) is 0 Å². The van der Waals surface area contributed by atoms with Crippen molar-refractivity contribution in [3.63, 3.8) is 0 Å². The van der Waals surface area contributed by atoms with Gasteiger partial charge in [-0.1, -0.05) is 47.6 Å². The van der Waals surface area contributed by atoms with Crippen LogP contribution < -0.4 is 21.3 Å². The predicted octanol–water partition coefficient (Wildman–Crippen LogP) is 3.72. The zero-order valence-electron chi connectivity index (χ0n) is 16.2. The third kappa shape index (κ3) is 4.48. The predicted molar refractivity (Wildman–Crippen MR) is 120 cm³/mol. The molecule has 154 valence electrons. The van der Waals surface area contributed by atoms with E-state index in [0.717, 1.165) is 41.5 Å². The summed E-state index contributed by atoms with van der Waals surface area (Å²) >= 11 is 8.17. The maximum atomic E-state index is 12.6. The molecule has 2 heterocycles. The molecule has 2 aromatic carbocycles. The van der Waals surface area contributed by atoms with Crippen molar-refractivity contribution in [3.8, 4) is 0 Å². The summed E-state index contributed by atoms with van der Waals surface area (Å²) < 4.78 is 0. The van der Waals surface area contributed by atoms with Crippen molar-refractivity contribution in [3.05, 3.63) is 53.1 Å². The number of thioether (sulfide) groups is 1. The number of urea groups is 1. The van der Waals surface area contributed by atoms with Crippen molar-refractivity contribution in [1.29, 1.82) is 0 Å². The molecule has 4 rings (SSSR count). The van der Waals surface area contributed by atoms with E-state index < -0.39 is 0 Å². The summed E-state index contributed by atoms with van der Waals surface area (Å²) in [5.41, 5.74) is 8.48. The van der Waals surface area contributed by atoms with Crippen LogP contribution in [0.3, 0.4) is 0 Å². The van der Waals surface area contributed by atoms with Crippen molar-refractivity contribution in [2.75, 3.05) is 31.1 Å². The van der Waals surface area contributed by atoms with Crippen LogP contribution >= 0.6 is 23.4 Å². The molecule has 2 aliphatic heterocycles.